The van der Waals surface area contributed by atoms with Crippen molar-refractivity contribution in [1.29, 1.82) is 0 Å². The number of nitrogens with one attached hydrogen (secondary N) is 1. The molecule has 0 fully saturated rings. The number of amides is 1. The van der Waals surface area contributed by atoms with Crippen LogP contribution in [0.2, 0.25) is 5.02 Å². The SMILES string of the molecule is Cc1ccc2c(CC(=O)O[C@H](C(=O)Nc3ccc(Cl)cc3C(F)(F)F)c3ccccc3)coc2c1. The first-order valence-corrected chi connectivity index (χ1v) is 10.9. The summed E-state index contributed by atoms with van der Waals surface area (Å²) in [5.74, 6) is -1.69. The molecule has 3 aromatic carbocycles. The monoisotopic (exact) mass is 501 g/mol. The minimum atomic E-state index is -4.76. The molecule has 0 aliphatic rings. The van der Waals surface area contributed by atoms with Crippen molar-refractivity contribution in [2.45, 2.75) is 25.6 Å². The minimum Gasteiger partial charge on any atom is -0.464 e. The number of hydrogen-bond donors (Lipinski definition) is 1. The second-order valence-electron chi connectivity index (χ2n) is 7.89. The Kier molecular flexibility index (Phi) is 6.84. The zero-order chi connectivity index (χ0) is 25.2. The Labute approximate surface area is 203 Å². The largest absolute Gasteiger partial charge is 0.464 e. The van der Waals surface area contributed by atoms with Gasteiger partial charge in [-0.15, -0.1) is 0 Å². The number of halogens is 4. The van der Waals surface area contributed by atoms with Crippen molar-refractivity contribution in [3.63, 3.8) is 0 Å². The summed E-state index contributed by atoms with van der Waals surface area (Å²) in [7, 11) is 0. The molecule has 1 atom stereocenters. The summed E-state index contributed by atoms with van der Waals surface area (Å²) in [5.41, 5.74) is 0.842. The van der Waals surface area contributed by atoms with Crippen molar-refractivity contribution in [2.75, 3.05) is 5.32 Å². The Bertz CT molecular complexity index is 1380. The van der Waals surface area contributed by atoms with Crippen LogP contribution in [-0.2, 0) is 26.9 Å². The molecule has 35 heavy (non-hydrogen) atoms. The van der Waals surface area contributed by atoms with Gasteiger partial charge in [0.05, 0.1) is 23.9 Å². The molecule has 0 aliphatic heterocycles. The topological polar surface area (TPSA) is 68.5 Å². The molecule has 1 heterocycles. The highest BCUT2D eigenvalue weighted by molar-refractivity contribution is 6.30. The number of esters is 1. The molecule has 5 nitrogen and oxygen atoms in total. The smallest absolute Gasteiger partial charge is 0.418 e. The van der Waals surface area contributed by atoms with Crippen molar-refractivity contribution in [3.8, 4) is 0 Å². The van der Waals surface area contributed by atoms with Crippen molar-refractivity contribution >= 4 is 40.1 Å². The van der Waals surface area contributed by atoms with Crippen LogP contribution < -0.4 is 5.32 Å². The summed E-state index contributed by atoms with van der Waals surface area (Å²) in [5, 5.41) is 2.82. The summed E-state index contributed by atoms with van der Waals surface area (Å²) in [4.78, 5) is 25.8. The van der Waals surface area contributed by atoms with Gasteiger partial charge < -0.3 is 14.5 Å². The molecular formula is C26H19ClF3NO4. The van der Waals surface area contributed by atoms with Crippen LogP contribution in [0.1, 0.15) is 28.4 Å². The standard InChI is InChI=1S/C26H19ClF3NO4/c1-15-7-9-19-17(14-34-22(19)11-15)12-23(32)35-24(16-5-3-2-4-6-16)25(33)31-21-10-8-18(27)13-20(21)26(28,29)30/h2-11,13-14,24H,12H2,1H3,(H,31,33)/t24-/m0/s1. The number of aryl methyl sites for hydroxylation is 1. The third kappa shape index (κ3) is 5.66. The molecule has 0 unspecified atom stereocenters. The van der Waals surface area contributed by atoms with E-state index in [1.807, 2.05) is 25.1 Å². The van der Waals surface area contributed by atoms with E-state index in [1.54, 1.807) is 30.3 Å². The number of ether oxygens (including phenoxy) is 1. The van der Waals surface area contributed by atoms with E-state index in [4.69, 9.17) is 20.8 Å². The first kappa shape index (κ1) is 24.3. The fourth-order valence-corrected chi connectivity index (χ4v) is 3.79. The summed E-state index contributed by atoms with van der Waals surface area (Å²) in [6.45, 7) is 1.91. The highest BCUT2D eigenvalue weighted by Gasteiger charge is 2.35. The van der Waals surface area contributed by atoms with Crippen LogP contribution in [0.25, 0.3) is 11.0 Å². The Hall–Kier alpha value is -3.78. The summed E-state index contributed by atoms with van der Waals surface area (Å²) in [6.07, 6.45) is -5.00. The third-order valence-electron chi connectivity index (χ3n) is 5.28. The van der Waals surface area contributed by atoms with Crippen molar-refractivity contribution in [1.82, 2.24) is 0 Å². The number of fused-ring (bicyclic) bond motifs is 1. The second-order valence-corrected chi connectivity index (χ2v) is 8.33. The number of alkyl halides is 3. The fourth-order valence-electron chi connectivity index (χ4n) is 3.61. The van der Waals surface area contributed by atoms with E-state index in [2.05, 4.69) is 5.32 Å². The predicted octanol–water partition coefficient (Wildman–Crippen LogP) is 6.88. The van der Waals surface area contributed by atoms with E-state index in [9.17, 15) is 22.8 Å². The van der Waals surface area contributed by atoms with E-state index >= 15 is 0 Å². The third-order valence-corrected chi connectivity index (χ3v) is 5.52. The lowest BCUT2D eigenvalue weighted by Gasteiger charge is -2.20. The first-order valence-electron chi connectivity index (χ1n) is 10.5. The van der Waals surface area contributed by atoms with Crippen LogP contribution in [0.4, 0.5) is 18.9 Å². The number of benzene rings is 3. The van der Waals surface area contributed by atoms with Crippen LogP contribution in [0.5, 0.6) is 0 Å². The lowest BCUT2D eigenvalue weighted by molar-refractivity contribution is -0.154. The highest BCUT2D eigenvalue weighted by atomic mass is 35.5. The molecular weight excluding hydrogens is 483 g/mol. The van der Waals surface area contributed by atoms with E-state index < -0.39 is 35.4 Å². The summed E-state index contributed by atoms with van der Waals surface area (Å²) >= 11 is 5.71. The van der Waals surface area contributed by atoms with Gasteiger partial charge in [-0.2, -0.15) is 13.2 Å². The van der Waals surface area contributed by atoms with Gasteiger partial charge in [0.1, 0.15) is 5.58 Å². The molecule has 0 saturated carbocycles. The van der Waals surface area contributed by atoms with Gasteiger partial charge in [0.25, 0.3) is 5.91 Å². The minimum absolute atomic E-state index is 0.135. The summed E-state index contributed by atoms with van der Waals surface area (Å²) in [6, 6.07) is 16.5. The van der Waals surface area contributed by atoms with E-state index in [0.29, 0.717) is 22.8 Å². The van der Waals surface area contributed by atoms with Crippen LogP contribution in [-0.4, -0.2) is 11.9 Å². The van der Waals surface area contributed by atoms with E-state index in [-0.39, 0.29) is 11.4 Å². The van der Waals surface area contributed by atoms with E-state index in [1.165, 1.54) is 12.3 Å². The number of hydrogen-bond acceptors (Lipinski definition) is 4. The zero-order valence-electron chi connectivity index (χ0n) is 18.4. The molecule has 1 aromatic heterocycles. The van der Waals surface area contributed by atoms with Gasteiger partial charge in [-0.05, 0) is 36.8 Å². The molecule has 0 aliphatic carbocycles. The number of carbonyl (C=O) groups is 2. The molecule has 4 rings (SSSR count). The van der Waals surface area contributed by atoms with Crippen LogP contribution in [0.15, 0.2) is 77.4 Å². The fraction of sp³-hybridized carbons (Fsp3) is 0.154. The second kappa shape index (κ2) is 9.84. The Balaban J connectivity index is 1.58. The number of carbonyl (C=O) groups excluding carboxylic acids is 2. The summed E-state index contributed by atoms with van der Waals surface area (Å²) < 4.78 is 51.4. The molecule has 0 bridgehead atoms. The average molecular weight is 502 g/mol. The lowest BCUT2D eigenvalue weighted by Crippen LogP contribution is -2.27. The maximum Gasteiger partial charge on any atom is 0.418 e. The molecule has 180 valence electrons. The first-order chi connectivity index (χ1) is 16.6. The number of anilines is 1. The van der Waals surface area contributed by atoms with Crippen molar-refractivity contribution in [3.05, 3.63) is 100 Å². The van der Waals surface area contributed by atoms with E-state index in [0.717, 1.165) is 17.0 Å². The lowest BCUT2D eigenvalue weighted by atomic mass is 10.1. The maximum atomic E-state index is 13.5. The quantitative estimate of drug-likeness (QED) is 0.292. The molecule has 4 aromatic rings. The molecule has 9 heteroatoms. The molecule has 1 amide bonds. The van der Waals surface area contributed by atoms with Gasteiger partial charge in [-0.1, -0.05) is 54.1 Å². The van der Waals surface area contributed by atoms with Gasteiger partial charge in [-0.3, -0.25) is 9.59 Å². The van der Waals surface area contributed by atoms with Crippen LogP contribution >= 0.6 is 11.6 Å². The Morgan fingerprint density at radius 2 is 1.80 bits per heavy atom. The number of rotatable bonds is 6. The van der Waals surface area contributed by atoms with Gasteiger partial charge in [0.2, 0.25) is 6.10 Å². The normalized spacial score (nSPS) is 12.4. The zero-order valence-corrected chi connectivity index (χ0v) is 19.1. The molecule has 0 spiro atoms. The van der Waals surface area contributed by atoms with Crippen LogP contribution in [0.3, 0.4) is 0 Å². The van der Waals surface area contributed by atoms with Gasteiger partial charge >= 0.3 is 12.1 Å². The molecule has 0 saturated heterocycles. The highest BCUT2D eigenvalue weighted by Crippen LogP contribution is 2.37. The van der Waals surface area contributed by atoms with Crippen molar-refractivity contribution in [2.24, 2.45) is 0 Å². The average Bonchev–Trinajstić information content (AvgIpc) is 3.20. The van der Waals surface area contributed by atoms with Gasteiger partial charge in [0, 0.05) is 21.5 Å². The maximum absolute atomic E-state index is 13.5. The molecule has 0 radical (unpaired) electrons. The van der Waals surface area contributed by atoms with Crippen molar-refractivity contribution < 1.29 is 31.9 Å². The van der Waals surface area contributed by atoms with Gasteiger partial charge in [-0.25, -0.2) is 0 Å². The van der Waals surface area contributed by atoms with Gasteiger partial charge in [0.15, 0.2) is 0 Å². The number of furan rings is 1. The Morgan fingerprint density at radius 1 is 1.06 bits per heavy atom. The Morgan fingerprint density at radius 3 is 2.51 bits per heavy atom. The van der Waals surface area contributed by atoms with Crippen LogP contribution in [0, 0.1) is 6.92 Å². The molecule has 1 N–H and O–H groups in total. The predicted molar refractivity (Wildman–Crippen MR) is 125 cm³/mol.